The summed E-state index contributed by atoms with van der Waals surface area (Å²) in [6, 6.07) is 4.46. The van der Waals surface area contributed by atoms with Crippen molar-refractivity contribution in [3.05, 3.63) is 41.7 Å². The van der Waals surface area contributed by atoms with Crippen LogP contribution >= 0.6 is 0 Å². The van der Waals surface area contributed by atoms with Gasteiger partial charge in [0.15, 0.2) is 0 Å². The lowest BCUT2D eigenvalue weighted by Gasteiger charge is -2.22. The van der Waals surface area contributed by atoms with Crippen LogP contribution in [0.15, 0.2) is 24.8 Å². The molecule has 0 radical (unpaired) electrons. The van der Waals surface area contributed by atoms with Crippen LogP contribution in [0.4, 0.5) is 9.18 Å². The van der Waals surface area contributed by atoms with Gasteiger partial charge < -0.3 is 14.7 Å². The highest BCUT2D eigenvalue weighted by atomic mass is 19.1. The normalized spacial score (nSPS) is 18.1. The molecule has 1 N–H and O–H groups in total. The highest BCUT2D eigenvalue weighted by Crippen LogP contribution is 2.33. The Morgan fingerprint density at radius 2 is 2.35 bits per heavy atom. The molecule has 108 valence electrons. The molecule has 2 rings (SSSR count). The predicted molar refractivity (Wildman–Crippen MR) is 73.8 cm³/mol. The molecule has 0 aromatic heterocycles. The van der Waals surface area contributed by atoms with Crippen LogP contribution in [0, 0.1) is 5.82 Å². The summed E-state index contributed by atoms with van der Waals surface area (Å²) >= 11 is 0. The van der Waals surface area contributed by atoms with E-state index in [2.05, 4.69) is 6.58 Å². The van der Waals surface area contributed by atoms with Gasteiger partial charge in [0, 0.05) is 6.54 Å². The zero-order valence-corrected chi connectivity index (χ0v) is 11.4. The molecule has 1 amide bonds. The van der Waals surface area contributed by atoms with Crippen LogP contribution in [0.1, 0.15) is 36.9 Å². The van der Waals surface area contributed by atoms with Gasteiger partial charge in [-0.3, -0.25) is 0 Å². The first-order chi connectivity index (χ1) is 9.54. The lowest BCUT2D eigenvalue weighted by Crippen LogP contribution is -2.28. The van der Waals surface area contributed by atoms with E-state index in [1.165, 1.54) is 11.0 Å². The Hall–Kier alpha value is -2.04. The van der Waals surface area contributed by atoms with E-state index in [0.717, 1.165) is 12.8 Å². The second-order valence-corrected chi connectivity index (χ2v) is 4.73. The van der Waals surface area contributed by atoms with Crippen LogP contribution < -0.4 is 0 Å². The number of likely N-dealkylation sites (tertiary alicyclic amines) is 1. The summed E-state index contributed by atoms with van der Waals surface area (Å²) in [6.07, 6.45) is 0.555. The lowest BCUT2D eigenvalue weighted by molar-refractivity contribution is 0.140. The van der Waals surface area contributed by atoms with Crippen molar-refractivity contribution in [3.8, 4) is 0 Å². The summed E-state index contributed by atoms with van der Waals surface area (Å²) in [6.45, 7) is 6.41. The van der Waals surface area contributed by atoms with Crippen molar-refractivity contribution in [1.82, 2.24) is 4.90 Å². The van der Waals surface area contributed by atoms with Gasteiger partial charge in [0.2, 0.25) is 0 Å². The van der Waals surface area contributed by atoms with E-state index < -0.39 is 11.9 Å². The summed E-state index contributed by atoms with van der Waals surface area (Å²) in [5.41, 5.74) is 0.992. The summed E-state index contributed by atoms with van der Waals surface area (Å²) in [7, 11) is 0. The number of amides is 1. The predicted octanol–water partition coefficient (Wildman–Crippen LogP) is 3.65. The van der Waals surface area contributed by atoms with Crippen molar-refractivity contribution in [3.63, 3.8) is 0 Å². The molecule has 0 aliphatic carbocycles. The summed E-state index contributed by atoms with van der Waals surface area (Å²) in [5, 5.41) is 9.13. The molecule has 4 nitrogen and oxygen atoms in total. The van der Waals surface area contributed by atoms with E-state index in [4.69, 9.17) is 9.84 Å². The van der Waals surface area contributed by atoms with E-state index in [-0.39, 0.29) is 11.8 Å². The standard InChI is InChI=1S/C15H18FNO3/c1-3-20-10(2)12-7-6-11(9-13(12)16)14-5-4-8-17(14)15(18)19/h6-7,9,14H,2-5,8H2,1H3,(H,18,19)/t14-/m1/s1. The highest BCUT2D eigenvalue weighted by Gasteiger charge is 2.30. The van der Waals surface area contributed by atoms with Crippen molar-refractivity contribution in [1.29, 1.82) is 0 Å². The van der Waals surface area contributed by atoms with E-state index in [0.29, 0.717) is 24.3 Å². The molecule has 1 aromatic rings. The minimum Gasteiger partial charge on any atom is -0.494 e. The lowest BCUT2D eigenvalue weighted by atomic mass is 10.0. The van der Waals surface area contributed by atoms with Crippen LogP contribution in [0.25, 0.3) is 5.76 Å². The number of rotatable bonds is 4. The second kappa shape index (κ2) is 5.94. The van der Waals surface area contributed by atoms with Crippen LogP contribution in [-0.4, -0.2) is 29.3 Å². The third-order valence-corrected chi connectivity index (χ3v) is 3.50. The number of hydrogen-bond acceptors (Lipinski definition) is 2. The van der Waals surface area contributed by atoms with Gasteiger partial charge in [-0.05, 0) is 37.5 Å². The molecule has 5 heteroatoms. The minimum absolute atomic E-state index is 0.267. The first-order valence-corrected chi connectivity index (χ1v) is 6.65. The molecule has 0 saturated carbocycles. The third-order valence-electron chi connectivity index (χ3n) is 3.50. The van der Waals surface area contributed by atoms with E-state index in [9.17, 15) is 9.18 Å². The van der Waals surface area contributed by atoms with Gasteiger partial charge in [-0.2, -0.15) is 0 Å². The second-order valence-electron chi connectivity index (χ2n) is 4.73. The van der Waals surface area contributed by atoms with Crippen LogP contribution in [0.3, 0.4) is 0 Å². The molecular formula is C15H18FNO3. The van der Waals surface area contributed by atoms with E-state index in [1.807, 2.05) is 0 Å². The van der Waals surface area contributed by atoms with Gasteiger partial charge in [0.25, 0.3) is 0 Å². The van der Waals surface area contributed by atoms with Gasteiger partial charge >= 0.3 is 6.09 Å². The SMILES string of the molecule is C=C(OCC)c1ccc([C@H]2CCCN2C(=O)O)cc1F. The fraction of sp³-hybridized carbons (Fsp3) is 0.400. The Labute approximate surface area is 117 Å². The molecule has 1 aliphatic rings. The highest BCUT2D eigenvalue weighted by molar-refractivity contribution is 5.66. The molecule has 1 atom stereocenters. The number of carbonyl (C=O) groups is 1. The van der Waals surface area contributed by atoms with Crippen LogP contribution in [-0.2, 0) is 4.74 Å². The Morgan fingerprint density at radius 3 is 2.95 bits per heavy atom. The topological polar surface area (TPSA) is 49.8 Å². The van der Waals surface area contributed by atoms with Crippen LogP contribution in [0.2, 0.25) is 0 Å². The average Bonchev–Trinajstić information content (AvgIpc) is 2.88. The van der Waals surface area contributed by atoms with E-state index >= 15 is 0 Å². The van der Waals surface area contributed by atoms with Gasteiger partial charge in [-0.25, -0.2) is 9.18 Å². The summed E-state index contributed by atoms with van der Waals surface area (Å²) in [5.74, 6) is -0.142. The number of benzene rings is 1. The zero-order chi connectivity index (χ0) is 14.7. The number of halogens is 1. The Balaban J connectivity index is 2.25. The number of ether oxygens (including phenoxy) is 1. The Kier molecular flexibility index (Phi) is 4.27. The van der Waals surface area contributed by atoms with Crippen molar-refractivity contribution in [2.45, 2.75) is 25.8 Å². The smallest absolute Gasteiger partial charge is 0.407 e. The van der Waals surface area contributed by atoms with Crippen molar-refractivity contribution in [2.24, 2.45) is 0 Å². The molecule has 1 heterocycles. The quantitative estimate of drug-likeness (QED) is 0.856. The Morgan fingerprint density at radius 1 is 1.60 bits per heavy atom. The largest absolute Gasteiger partial charge is 0.494 e. The molecule has 20 heavy (non-hydrogen) atoms. The third kappa shape index (κ3) is 2.76. The maximum atomic E-state index is 14.1. The average molecular weight is 279 g/mol. The molecule has 1 aromatic carbocycles. The van der Waals surface area contributed by atoms with E-state index in [1.54, 1.807) is 19.1 Å². The van der Waals surface area contributed by atoms with Crippen molar-refractivity contribution < 1.29 is 19.0 Å². The molecule has 0 spiro atoms. The van der Waals surface area contributed by atoms with Crippen molar-refractivity contribution in [2.75, 3.05) is 13.2 Å². The Bertz CT molecular complexity index is 530. The molecule has 1 aliphatic heterocycles. The van der Waals surface area contributed by atoms with Gasteiger partial charge in [0.1, 0.15) is 11.6 Å². The maximum absolute atomic E-state index is 14.1. The zero-order valence-electron chi connectivity index (χ0n) is 11.4. The van der Waals surface area contributed by atoms with Gasteiger partial charge in [-0.1, -0.05) is 12.6 Å². The molecule has 0 unspecified atom stereocenters. The van der Waals surface area contributed by atoms with Gasteiger partial charge in [0.05, 0.1) is 18.2 Å². The first-order valence-electron chi connectivity index (χ1n) is 6.65. The summed E-state index contributed by atoms with van der Waals surface area (Å²) < 4.78 is 19.3. The summed E-state index contributed by atoms with van der Waals surface area (Å²) in [4.78, 5) is 12.5. The number of carboxylic acid groups (broad SMARTS) is 1. The molecule has 1 saturated heterocycles. The van der Waals surface area contributed by atoms with Crippen molar-refractivity contribution >= 4 is 11.9 Å². The minimum atomic E-state index is -0.962. The number of hydrogen-bond donors (Lipinski definition) is 1. The number of nitrogens with zero attached hydrogens (tertiary/aromatic N) is 1. The monoisotopic (exact) mass is 279 g/mol. The molecular weight excluding hydrogens is 261 g/mol. The molecule has 0 bridgehead atoms. The first kappa shape index (κ1) is 14.4. The van der Waals surface area contributed by atoms with Gasteiger partial charge in [-0.15, -0.1) is 0 Å². The fourth-order valence-corrected chi connectivity index (χ4v) is 2.56. The van der Waals surface area contributed by atoms with Crippen LogP contribution in [0.5, 0.6) is 0 Å². The molecule has 1 fully saturated rings. The fourth-order valence-electron chi connectivity index (χ4n) is 2.56. The maximum Gasteiger partial charge on any atom is 0.407 e.